The number of carbonyl (C=O) groups excluding carboxylic acids is 1. The van der Waals surface area contributed by atoms with Crippen molar-refractivity contribution in [1.82, 2.24) is 25.1 Å². The van der Waals surface area contributed by atoms with Crippen LogP contribution in [0.5, 0.6) is 0 Å². The monoisotopic (exact) mass is 353 g/mol. The van der Waals surface area contributed by atoms with Gasteiger partial charge in [0.25, 0.3) is 5.91 Å². The number of H-pyrrole nitrogens is 1. The highest BCUT2D eigenvalue weighted by Gasteiger charge is 2.18. The minimum absolute atomic E-state index is 0.158. The van der Waals surface area contributed by atoms with E-state index in [0.717, 1.165) is 28.5 Å². The fraction of sp³-hybridized carbons (Fsp3) is 0.316. The van der Waals surface area contributed by atoms with Crippen LogP contribution in [-0.4, -0.2) is 39.4 Å². The van der Waals surface area contributed by atoms with Crippen LogP contribution >= 0.6 is 0 Å². The van der Waals surface area contributed by atoms with Crippen molar-refractivity contribution < 1.29 is 9.53 Å². The van der Waals surface area contributed by atoms with Gasteiger partial charge in [0.05, 0.1) is 24.0 Å². The van der Waals surface area contributed by atoms with Gasteiger partial charge < -0.3 is 15.0 Å². The second-order valence-corrected chi connectivity index (χ2v) is 6.23. The van der Waals surface area contributed by atoms with E-state index >= 15 is 0 Å². The van der Waals surface area contributed by atoms with Crippen molar-refractivity contribution in [2.45, 2.75) is 19.9 Å². The molecule has 0 aliphatic rings. The fourth-order valence-corrected chi connectivity index (χ4v) is 3.01. The molecule has 1 atom stereocenters. The third-order valence-electron chi connectivity index (χ3n) is 4.28. The normalized spacial score (nSPS) is 12.2. The maximum absolute atomic E-state index is 12.6. The molecule has 0 fully saturated rings. The van der Waals surface area contributed by atoms with Crippen molar-refractivity contribution in [3.63, 3.8) is 0 Å². The highest BCUT2D eigenvalue weighted by atomic mass is 16.5. The Morgan fingerprint density at radius 2 is 2.00 bits per heavy atom. The number of nitrogens with zero attached hydrogens (tertiary/aromatic N) is 3. The molecule has 136 valence electrons. The Kier molecular flexibility index (Phi) is 5.18. The van der Waals surface area contributed by atoms with Gasteiger partial charge in [0.2, 0.25) is 0 Å². The third-order valence-corrected chi connectivity index (χ3v) is 4.28. The molecule has 1 unspecified atom stereocenters. The molecule has 1 aromatic carbocycles. The van der Waals surface area contributed by atoms with Gasteiger partial charge >= 0.3 is 0 Å². The summed E-state index contributed by atoms with van der Waals surface area (Å²) in [7, 11) is 3.45. The summed E-state index contributed by atoms with van der Waals surface area (Å²) in [5, 5.41) is 7.16. The number of hydrogen-bond acceptors (Lipinski definition) is 4. The van der Waals surface area contributed by atoms with E-state index in [9.17, 15) is 4.79 Å². The molecule has 7 nitrogen and oxygen atoms in total. The van der Waals surface area contributed by atoms with Crippen molar-refractivity contribution in [3.05, 3.63) is 59.3 Å². The Morgan fingerprint density at radius 1 is 1.27 bits per heavy atom. The highest BCUT2D eigenvalue weighted by Crippen LogP contribution is 2.22. The van der Waals surface area contributed by atoms with Gasteiger partial charge in [-0.05, 0) is 32.0 Å². The van der Waals surface area contributed by atoms with E-state index < -0.39 is 0 Å². The van der Waals surface area contributed by atoms with Gasteiger partial charge in [-0.25, -0.2) is 4.98 Å². The third kappa shape index (κ3) is 3.67. The number of aromatic amines is 1. The molecule has 0 saturated heterocycles. The van der Waals surface area contributed by atoms with Gasteiger partial charge in [-0.3, -0.25) is 9.48 Å². The van der Waals surface area contributed by atoms with Crippen LogP contribution in [0.2, 0.25) is 0 Å². The van der Waals surface area contributed by atoms with E-state index in [1.165, 1.54) is 0 Å². The van der Waals surface area contributed by atoms with E-state index in [1.54, 1.807) is 30.1 Å². The predicted octanol–water partition coefficient (Wildman–Crippen LogP) is 2.54. The summed E-state index contributed by atoms with van der Waals surface area (Å²) in [6.45, 7) is 4.28. The number of aryl methyl sites for hydroxylation is 3. The van der Waals surface area contributed by atoms with Gasteiger partial charge in [0.1, 0.15) is 5.82 Å². The number of rotatable bonds is 6. The van der Waals surface area contributed by atoms with Gasteiger partial charge in [-0.2, -0.15) is 5.10 Å². The van der Waals surface area contributed by atoms with Gasteiger partial charge in [-0.1, -0.05) is 12.1 Å². The lowest BCUT2D eigenvalue weighted by molar-refractivity contribution is 0.0892. The standard InChI is InChI=1S/C19H23N5O2/c1-12-18(22-13(2)21-12)14-5-7-15(8-6-14)19(25)23-16(11-26-4)17-9-10-20-24(17)3/h5-10,16H,11H2,1-4H3,(H,21,22)(H,23,25). The fourth-order valence-electron chi connectivity index (χ4n) is 3.01. The Hall–Kier alpha value is -2.93. The Morgan fingerprint density at radius 3 is 2.54 bits per heavy atom. The molecule has 0 bridgehead atoms. The first-order valence-electron chi connectivity index (χ1n) is 8.41. The van der Waals surface area contributed by atoms with Crippen molar-refractivity contribution >= 4 is 5.91 Å². The first kappa shape index (κ1) is 17.9. The summed E-state index contributed by atoms with van der Waals surface area (Å²) >= 11 is 0. The molecule has 0 spiro atoms. The molecule has 26 heavy (non-hydrogen) atoms. The number of hydrogen-bond donors (Lipinski definition) is 2. The maximum atomic E-state index is 12.6. The zero-order valence-electron chi connectivity index (χ0n) is 15.4. The van der Waals surface area contributed by atoms with Crippen LogP contribution in [0.3, 0.4) is 0 Å². The molecule has 3 rings (SSSR count). The molecule has 0 saturated carbocycles. The first-order chi connectivity index (χ1) is 12.5. The average Bonchev–Trinajstić information content (AvgIpc) is 3.19. The van der Waals surface area contributed by atoms with Gasteiger partial charge in [0, 0.05) is 37.2 Å². The SMILES string of the molecule is COCC(NC(=O)c1ccc(-c2nc(C)[nH]c2C)cc1)c1ccnn1C. The molecular weight excluding hydrogens is 330 g/mol. The molecule has 0 aliphatic carbocycles. The van der Waals surface area contributed by atoms with Crippen molar-refractivity contribution in [3.8, 4) is 11.3 Å². The summed E-state index contributed by atoms with van der Waals surface area (Å²) in [5.41, 5.74) is 4.36. The molecule has 7 heteroatoms. The Labute approximate surface area is 152 Å². The first-order valence-corrected chi connectivity index (χ1v) is 8.41. The van der Waals surface area contributed by atoms with Crippen molar-refractivity contribution in [2.24, 2.45) is 7.05 Å². The number of imidazole rings is 1. The average molecular weight is 353 g/mol. The summed E-state index contributed by atoms with van der Waals surface area (Å²) in [5.74, 6) is 0.715. The van der Waals surface area contributed by atoms with Crippen molar-refractivity contribution in [1.29, 1.82) is 0 Å². The van der Waals surface area contributed by atoms with Crippen molar-refractivity contribution in [2.75, 3.05) is 13.7 Å². The lowest BCUT2D eigenvalue weighted by Crippen LogP contribution is -2.32. The van der Waals surface area contributed by atoms with E-state index in [2.05, 4.69) is 20.4 Å². The Balaban J connectivity index is 1.77. The maximum Gasteiger partial charge on any atom is 0.251 e. The van der Waals surface area contributed by atoms with Crippen LogP contribution in [0.4, 0.5) is 0 Å². The number of ether oxygens (including phenoxy) is 1. The summed E-state index contributed by atoms with van der Waals surface area (Å²) in [6, 6.07) is 9.04. The highest BCUT2D eigenvalue weighted by molar-refractivity contribution is 5.94. The molecule has 0 aliphatic heterocycles. The van der Waals surface area contributed by atoms with E-state index in [4.69, 9.17) is 4.74 Å². The lowest BCUT2D eigenvalue weighted by atomic mass is 10.1. The molecule has 1 amide bonds. The molecule has 3 aromatic rings. The second-order valence-electron chi connectivity index (χ2n) is 6.23. The zero-order valence-corrected chi connectivity index (χ0v) is 15.4. The van der Waals surface area contributed by atoms with Gasteiger partial charge in [-0.15, -0.1) is 0 Å². The smallest absolute Gasteiger partial charge is 0.251 e. The van der Waals surface area contributed by atoms with Crippen LogP contribution in [0.25, 0.3) is 11.3 Å². The minimum Gasteiger partial charge on any atom is -0.382 e. The van der Waals surface area contributed by atoms with E-state index in [1.807, 2.05) is 39.1 Å². The Bertz CT molecular complexity index is 895. The number of benzene rings is 1. The van der Waals surface area contributed by atoms with Crippen LogP contribution in [0.1, 0.15) is 33.6 Å². The topological polar surface area (TPSA) is 84.8 Å². The molecule has 2 aromatic heterocycles. The number of amides is 1. The predicted molar refractivity (Wildman–Crippen MR) is 98.8 cm³/mol. The quantitative estimate of drug-likeness (QED) is 0.713. The number of methoxy groups -OCH3 is 1. The van der Waals surface area contributed by atoms with E-state index in [-0.39, 0.29) is 11.9 Å². The number of nitrogens with one attached hydrogen (secondary N) is 2. The number of carbonyl (C=O) groups is 1. The second kappa shape index (κ2) is 7.53. The molecule has 2 N–H and O–H groups in total. The summed E-state index contributed by atoms with van der Waals surface area (Å²) in [6.07, 6.45) is 1.70. The molecule has 2 heterocycles. The number of aromatic nitrogens is 4. The zero-order chi connectivity index (χ0) is 18.7. The van der Waals surface area contributed by atoms with E-state index in [0.29, 0.717) is 12.2 Å². The molecular formula is C19H23N5O2. The van der Waals surface area contributed by atoms with Gasteiger partial charge in [0.15, 0.2) is 0 Å². The minimum atomic E-state index is -0.268. The molecule has 0 radical (unpaired) electrons. The summed E-state index contributed by atoms with van der Waals surface area (Å²) < 4.78 is 6.98. The lowest BCUT2D eigenvalue weighted by Gasteiger charge is -2.18. The summed E-state index contributed by atoms with van der Waals surface area (Å²) in [4.78, 5) is 20.3. The van der Waals surface area contributed by atoms with Crippen LogP contribution < -0.4 is 5.32 Å². The van der Waals surface area contributed by atoms with Crippen LogP contribution in [0, 0.1) is 13.8 Å². The van der Waals surface area contributed by atoms with Crippen LogP contribution in [0.15, 0.2) is 36.5 Å². The van der Waals surface area contributed by atoms with Crippen LogP contribution in [-0.2, 0) is 11.8 Å². The largest absolute Gasteiger partial charge is 0.382 e.